The number of nitrogens with one attached hydrogen (secondary N) is 2. The molecule has 1 heterocycles. The van der Waals surface area contributed by atoms with E-state index in [2.05, 4.69) is 10.6 Å². The summed E-state index contributed by atoms with van der Waals surface area (Å²) in [6.45, 7) is 1.32. The highest BCUT2D eigenvalue weighted by atomic mass is 19.4. The van der Waals surface area contributed by atoms with Crippen molar-refractivity contribution in [2.24, 2.45) is 5.92 Å². The molecule has 1 aliphatic heterocycles. The Kier molecular flexibility index (Phi) is 5.36. The quantitative estimate of drug-likeness (QED) is 0.767. The number of urea groups is 1. The standard InChI is InChI=1S/C19H22F3N3O3/c1-12-5-2-3-8-18(12)16(27)25(17(28)24-18)11-15(26)23-10-13-6-4-7-14(9-13)19(20,21)22/h4,6-7,9,12H,2-3,5,8,10-11H2,1H3,(H,23,26)(H,24,28). The van der Waals surface area contributed by atoms with Gasteiger partial charge >= 0.3 is 12.2 Å². The normalized spacial score (nSPS) is 25.1. The number of alkyl halides is 3. The first kappa shape index (κ1) is 20.2. The lowest BCUT2D eigenvalue weighted by Gasteiger charge is -2.36. The number of benzene rings is 1. The fourth-order valence-corrected chi connectivity index (χ4v) is 3.90. The molecule has 152 valence electrons. The van der Waals surface area contributed by atoms with Crippen LogP contribution in [0.4, 0.5) is 18.0 Å². The largest absolute Gasteiger partial charge is 0.416 e. The number of nitrogens with zero attached hydrogens (tertiary/aromatic N) is 1. The summed E-state index contributed by atoms with van der Waals surface area (Å²) < 4.78 is 38.3. The van der Waals surface area contributed by atoms with E-state index >= 15 is 0 Å². The molecule has 6 nitrogen and oxygen atoms in total. The number of amides is 4. The average Bonchev–Trinajstić information content (AvgIpc) is 2.87. The van der Waals surface area contributed by atoms with Gasteiger partial charge in [-0.25, -0.2) is 4.79 Å². The fraction of sp³-hybridized carbons (Fsp3) is 0.526. The second-order valence-corrected chi connectivity index (χ2v) is 7.41. The van der Waals surface area contributed by atoms with E-state index in [9.17, 15) is 27.6 Å². The van der Waals surface area contributed by atoms with Gasteiger partial charge in [0.1, 0.15) is 12.1 Å². The van der Waals surface area contributed by atoms with Crippen LogP contribution < -0.4 is 10.6 Å². The number of rotatable bonds is 4. The van der Waals surface area contributed by atoms with Gasteiger partial charge in [0.15, 0.2) is 0 Å². The smallest absolute Gasteiger partial charge is 0.350 e. The molecule has 0 radical (unpaired) electrons. The molecule has 1 aliphatic carbocycles. The van der Waals surface area contributed by atoms with Crippen molar-refractivity contribution in [3.63, 3.8) is 0 Å². The molecule has 9 heteroatoms. The van der Waals surface area contributed by atoms with Gasteiger partial charge < -0.3 is 10.6 Å². The van der Waals surface area contributed by atoms with Gasteiger partial charge in [-0.3, -0.25) is 14.5 Å². The molecule has 2 fully saturated rings. The zero-order chi connectivity index (χ0) is 20.5. The molecule has 1 spiro atoms. The van der Waals surface area contributed by atoms with Crippen LogP contribution in [0, 0.1) is 5.92 Å². The number of imide groups is 1. The van der Waals surface area contributed by atoms with Crippen molar-refractivity contribution in [1.29, 1.82) is 0 Å². The third-order valence-corrected chi connectivity index (χ3v) is 5.55. The van der Waals surface area contributed by atoms with E-state index in [-0.39, 0.29) is 18.0 Å². The third kappa shape index (κ3) is 3.83. The van der Waals surface area contributed by atoms with E-state index in [0.717, 1.165) is 36.3 Å². The Morgan fingerprint density at radius 3 is 2.75 bits per heavy atom. The first-order chi connectivity index (χ1) is 13.1. The van der Waals surface area contributed by atoms with E-state index in [1.165, 1.54) is 12.1 Å². The molecule has 1 saturated carbocycles. The Morgan fingerprint density at radius 2 is 2.07 bits per heavy atom. The molecule has 2 aliphatic rings. The van der Waals surface area contributed by atoms with Gasteiger partial charge in [-0.2, -0.15) is 13.2 Å². The molecule has 0 aromatic heterocycles. The number of carbonyl (C=O) groups excluding carboxylic acids is 3. The van der Waals surface area contributed by atoms with Crippen LogP contribution in [0.25, 0.3) is 0 Å². The van der Waals surface area contributed by atoms with Crippen LogP contribution in [0.15, 0.2) is 24.3 Å². The lowest BCUT2D eigenvalue weighted by Crippen LogP contribution is -2.54. The number of hydrogen-bond donors (Lipinski definition) is 2. The summed E-state index contributed by atoms with van der Waals surface area (Å²) >= 11 is 0. The molecule has 1 aromatic rings. The van der Waals surface area contributed by atoms with Gasteiger partial charge in [0.2, 0.25) is 5.91 Å². The summed E-state index contributed by atoms with van der Waals surface area (Å²) in [7, 11) is 0. The highest BCUT2D eigenvalue weighted by molar-refractivity contribution is 6.09. The maximum atomic E-state index is 12.8. The summed E-state index contributed by atoms with van der Waals surface area (Å²) in [6, 6.07) is 4.02. The van der Waals surface area contributed by atoms with E-state index in [0.29, 0.717) is 6.42 Å². The Bertz CT molecular complexity index is 796. The van der Waals surface area contributed by atoms with Crippen molar-refractivity contribution in [2.45, 2.75) is 50.9 Å². The number of hydrogen-bond acceptors (Lipinski definition) is 3. The second kappa shape index (κ2) is 7.44. The monoisotopic (exact) mass is 397 g/mol. The number of halogens is 3. The molecule has 28 heavy (non-hydrogen) atoms. The first-order valence-corrected chi connectivity index (χ1v) is 9.20. The minimum Gasteiger partial charge on any atom is -0.350 e. The molecule has 1 saturated heterocycles. The Balaban J connectivity index is 1.61. The van der Waals surface area contributed by atoms with Crippen LogP contribution in [-0.2, 0) is 22.3 Å². The van der Waals surface area contributed by atoms with Gasteiger partial charge in [0, 0.05) is 6.54 Å². The third-order valence-electron chi connectivity index (χ3n) is 5.55. The highest BCUT2D eigenvalue weighted by Crippen LogP contribution is 2.38. The molecule has 2 N–H and O–H groups in total. The van der Waals surface area contributed by atoms with Crippen LogP contribution in [0.5, 0.6) is 0 Å². The van der Waals surface area contributed by atoms with Gasteiger partial charge in [0.05, 0.1) is 5.56 Å². The van der Waals surface area contributed by atoms with Crippen LogP contribution in [0.2, 0.25) is 0 Å². The molecule has 0 bridgehead atoms. The maximum absolute atomic E-state index is 12.8. The molecular weight excluding hydrogens is 375 g/mol. The van der Waals surface area contributed by atoms with Crippen LogP contribution in [0.3, 0.4) is 0 Å². The average molecular weight is 397 g/mol. The van der Waals surface area contributed by atoms with E-state index < -0.39 is 41.7 Å². The zero-order valence-corrected chi connectivity index (χ0v) is 15.4. The predicted molar refractivity (Wildman–Crippen MR) is 93.9 cm³/mol. The maximum Gasteiger partial charge on any atom is 0.416 e. The molecule has 2 atom stereocenters. The summed E-state index contributed by atoms with van der Waals surface area (Å²) in [5, 5.41) is 5.22. The van der Waals surface area contributed by atoms with E-state index in [4.69, 9.17) is 0 Å². The lowest BCUT2D eigenvalue weighted by atomic mass is 9.73. The van der Waals surface area contributed by atoms with E-state index in [1.807, 2.05) is 6.92 Å². The number of carbonyl (C=O) groups is 3. The van der Waals surface area contributed by atoms with Gasteiger partial charge in [-0.1, -0.05) is 31.9 Å². The second-order valence-electron chi connectivity index (χ2n) is 7.41. The van der Waals surface area contributed by atoms with E-state index in [1.54, 1.807) is 0 Å². The minimum atomic E-state index is -4.47. The van der Waals surface area contributed by atoms with Crippen LogP contribution in [0.1, 0.15) is 43.7 Å². The summed E-state index contributed by atoms with van der Waals surface area (Å²) in [5.41, 5.74) is -1.48. The molecule has 4 amide bonds. The predicted octanol–water partition coefficient (Wildman–Crippen LogP) is 2.82. The van der Waals surface area contributed by atoms with Crippen molar-refractivity contribution >= 4 is 17.8 Å². The Labute approximate surface area is 160 Å². The zero-order valence-electron chi connectivity index (χ0n) is 15.4. The van der Waals surface area contributed by atoms with Crippen molar-refractivity contribution in [3.05, 3.63) is 35.4 Å². The Hall–Kier alpha value is -2.58. The van der Waals surface area contributed by atoms with Crippen LogP contribution >= 0.6 is 0 Å². The highest BCUT2D eigenvalue weighted by Gasteiger charge is 2.55. The molecule has 2 unspecified atom stereocenters. The SMILES string of the molecule is CC1CCCCC12NC(=O)N(CC(=O)NCc1cccc(C(F)(F)F)c1)C2=O. The van der Waals surface area contributed by atoms with Gasteiger partial charge in [0.25, 0.3) is 5.91 Å². The fourth-order valence-electron chi connectivity index (χ4n) is 3.90. The summed E-state index contributed by atoms with van der Waals surface area (Å²) in [6.07, 6.45) is -1.29. The lowest BCUT2D eigenvalue weighted by molar-refractivity contribution is -0.138. The van der Waals surface area contributed by atoms with Gasteiger partial charge in [-0.05, 0) is 36.5 Å². The summed E-state index contributed by atoms with van der Waals surface area (Å²) in [4.78, 5) is 38.1. The Morgan fingerprint density at radius 1 is 1.32 bits per heavy atom. The minimum absolute atomic E-state index is 0.0177. The summed E-state index contributed by atoms with van der Waals surface area (Å²) in [5.74, 6) is -1.03. The first-order valence-electron chi connectivity index (χ1n) is 9.20. The van der Waals surface area contributed by atoms with Crippen molar-refractivity contribution in [2.75, 3.05) is 6.54 Å². The molecule has 1 aromatic carbocycles. The van der Waals surface area contributed by atoms with Crippen molar-refractivity contribution in [3.8, 4) is 0 Å². The molecule has 3 rings (SSSR count). The van der Waals surface area contributed by atoms with Crippen molar-refractivity contribution in [1.82, 2.24) is 15.5 Å². The van der Waals surface area contributed by atoms with Crippen molar-refractivity contribution < 1.29 is 27.6 Å². The van der Waals surface area contributed by atoms with Gasteiger partial charge in [-0.15, -0.1) is 0 Å². The molecular formula is C19H22F3N3O3. The van der Waals surface area contributed by atoms with Crippen LogP contribution in [-0.4, -0.2) is 34.8 Å². The topological polar surface area (TPSA) is 78.5 Å².